The van der Waals surface area contributed by atoms with E-state index in [0.29, 0.717) is 23.4 Å². The Hall–Kier alpha value is -2.65. The second kappa shape index (κ2) is 12.2. The van der Waals surface area contributed by atoms with E-state index < -0.39 is 34.3 Å². The van der Waals surface area contributed by atoms with E-state index in [4.69, 9.17) is 11.6 Å². The van der Waals surface area contributed by atoms with Gasteiger partial charge in [0.15, 0.2) is 0 Å². The Bertz CT molecular complexity index is 1110. The summed E-state index contributed by atoms with van der Waals surface area (Å²) in [7, 11) is -3.93. The van der Waals surface area contributed by atoms with E-state index in [1.165, 1.54) is 23.1 Å². The third kappa shape index (κ3) is 7.43. The zero-order chi connectivity index (χ0) is 25.5. The van der Waals surface area contributed by atoms with Crippen molar-refractivity contribution in [2.24, 2.45) is 0 Å². The summed E-state index contributed by atoms with van der Waals surface area (Å²) in [6.45, 7) is 4.97. The molecule has 186 valence electrons. The monoisotopic (exact) mass is 511 g/mol. The molecule has 2 atom stereocenters. The molecule has 0 radical (unpaired) electrons. The summed E-state index contributed by atoms with van der Waals surface area (Å²) in [6, 6.07) is 11.0. The van der Waals surface area contributed by atoms with Gasteiger partial charge in [-0.2, -0.15) is 0 Å². The Morgan fingerprint density at radius 3 is 2.32 bits per heavy atom. The molecule has 0 aliphatic carbocycles. The molecular weight excluding hydrogens is 481 g/mol. The molecule has 34 heavy (non-hydrogen) atoms. The van der Waals surface area contributed by atoms with Crippen molar-refractivity contribution in [2.45, 2.75) is 52.2 Å². The summed E-state index contributed by atoms with van der Waals surface area (Å²) >= 11 is 6.31. The highest BCUT2D eigenvalue weighted by Crippen LogP contribution is 2.22. The predicted molar refractivity (Wildman–Crippen MR) is 133 cm³/mol. The molecule has 0 aliphatic rings. The van der Waals surface area contributed by atoms with E-state index in [2.05, 4.69) is 5.32 Å². The molecule has 0 saturated carbocycles. The van der Waals surface area contributed by atoms with E-state index in [0.717, 1.165) is 16.6 Å². The van der Waals surface area contributed by atoms with Crippen molar-refractivity contribution in [1.29, 1.82) is 0 Å². The standard InChI is InChI=1S/C24H31ClFN3O4S/c1-5-17(3)27-24(31)22(6-2)28(15-18-10-7-8-13-21(18)25)23(30)16-29(34(4,32)33)20-12-9-11-19(26)14-20/h7-14,17,22H,5-6,15-16H2,1-4H3,(H,27,31)/t17-,22+/m0/s1. The van der Waals surface area contributed by atoms with E-state index >= 15 is 0 Å². The molecule has 0 aliphatic heterocycles. The van der Waals surface area contributed by atoms with Crippen LogP contribution in [0.15, 0.2) is 48.5 Å². The zero-order valence-corrected chi connectivity index (χ0v) is 21.4. The van der Waals surface area contributed by atoms with Crippen LogP contribution < -0.4 is 9.62 Å². The highest BCUT2D eigenvalue weighted by molar-refractivity contribution is 7.92. The number of nitrogens with one attached hydrogen (secondary N) is 1. The lowest BCUT2D eigenvalue weighted by Crippen LogP contribution is -2.53. The topological polar surface area (TPSA) is 86.8 Å². The highest BCUT2D eigenvalue weighted by atomic mass is 35.5. The Morgan fingerprint density at radius 2 is 1.76 bits per heavy atom. The number of amides is 2. The second-order valence-electron chi connectivity index (χ2n) is 8.10. The maximum absolute atomic E-state index is 13.8. The van der Waals surface area contributed by atoms with Gasteiger partial charge in [0.25, 0.3) is 0 Å². The fourth-order valence-electron chi connectivity index (χ4n) is 3.42. The number of carbonyl (C=O) groups excluding carboxylic acids is 2. The van der Waals surface area contributed by atoms with E-state index in [9.17, 15) is 22.4 Å². The number of nitrogens with zero attached hydrogens (tertiary/aromatic N) is 2. The third-order valence-corrected chi connectivity index (χ3v) is 6.97. The van der Waals surface area contributed by atoms with Gasteiger partial charge in [0.05, 0.1) is 11.9 Å². The SMILES string of the molecule is CC[C@H](C(=O)N[C@@H](C)CC)N(Cc1ccccc1Cl)C(=O)CN(c1cccc(F)c1)S(C)(=O)=O. The van der Waals surface area contributed by atoms with Gasteiger partial charge in [-0.25, -0.2) is 12.8 Å². The first-order chi connectivity index (χ1) is 16.0. The molecule has 2 aromatic carbocycles. The molecular formula is C24H31ClFN3O4S. The molecule has 0 fully saturated rings. The number of anilines is 1. The quantitative estimate of drug-likeness (QED) is 0.494. The predicted octanol–water partition coefficient (Wildman–Crippen LogP) is 3.97. The molecule has 2 amide bonds. The van der Waals surface area contributed by atoms with Crippen LogP contribution in [0.2, 0.25) is 5.02 Å². The molecule has 0 heterocycles. The number of hydrogen-bond donors (Lipinski definition) is 1. The largest absolute Gasteiger partial charge is 0.352 e. The number of carbonyl (C=O) groups is 2. The number of benzene rings is 2. The molecule has 0 spiro atoms. The lowest BCUT2D eigenvalue weighted by Gasteiger charge is -2.33. The maximum atomic E-state index is 13.8. The van der Waals surface area contributed by atoms with Crippen molar-refractivity contribution < 1.29 is 22.4 Å². The average molecular weight is 512 g/mol. The molecule has 2 aromatic rings. The summed E-state index contributed by atoms with van der Waals surface area (Å²) in [5, 5.41) is 3.31. The van der Waals surface area contributed by atoms with Crippen LogP contribution >= 0.6 is 11.6 Å². The number of rotatable bonds is 11. The van der Waals surface area contributed by atoms with Gasteiger partial charge >= 0.3 is 0 Å². The van der Waals surface area contributed by atoms with Crippen molar-refractivity contribution in [3.8, 4) is 0 Å². The third-order valence-electron chi connectivity index (χ3n) is 5.46. The number of hydrogen-bond acceptors (Lipinski definition) is 4. The fraction of sp³-hybridized carbons (Fsp3) is 0.417. The van der Waals surface area contributed by atoms with Crippen LogP contribution in [0.5, 0.6) is 0 Å². The summed E-state index contributed by atoms with van der Waals surface area (Å²) in [5.41, 5.74) is 0.634. The lowest BCUT2D eigenvalue weighted by atomic mass is 10.1. The van der Waals surface area contributed by atoms with E-state index in [1.54, 1.807) is 31.2 Å². The molecule has 0 bridgehead atoms. The molecule has 0 aromatic heterocycles. The van der Waals surface area contributed by atoms with Gasteiger partial charge in [0, 0.05) is 17.6 Å². The second-order valence-corrected chi connectivity index (χ2v) is 10.4. The van der Waals surface area contributed by atoms with Gasteiger partial charge in [-0.1, -0.05) is 49.7 Å². The van der Waals surface area contributed by atoms with Crippen LogP contribution in [-0.2, 0) is 26.2 Å². The fourth-order valence-corrected chi connectivity index (χ4v) is 4.45. The minimum atomic E-state index is -3.93. The van der Waals surface area contributed by atoms with Crippen LogP contribution in [0.1, 0.15) is 39.2 Å². The van der Waals surface area contributed by atoms with Crippen LogP contribution in [0, 0.1) is 5.82 Å². The zero-order valence-electron chi connectivity index (χ0n) is 19.8. The minimum Gasteiger partial charge on any atom is -0.352 e. The first kappa shape index (κ1) is 27.6. The van der Waals surface area contributed by atoms with Gasteiger partial charge in [-0.05, 0) is 49.6 Å². The first-order valence-corrected chi connectivity index (χ1v) is 13.3. The van der Waals surface area contributed by atoms with Gasteiger partial charge in [0.2, 0.25) is 21.8 Å². The summed E-state index contributed by atoms with van der Waals surface area (Å²) < 4.78 is 39.6. The molecule has 0 unspecified atom stereocenters. The van der Waals surface area contributed by atoms with Crippen LogP contribution in [0.4, 0.5) is 10.1 Å². The highest BCUT2D eigenvalue weighted by Gasteiger charge is 2.32. The van der Waals surface area contributed by atoms with E-state index in [1.807, 2.05) is 13.8 Å². The smallest absolute Gasteiger partial charge is 0.244 e. The van der Waals surface area contributed by atoms with Crippen LogP contribution in [-0.4, -0.2) is 50.0 Å². The Morgan fingerprint density at radius 1 is 1.09 bits per heavy atom. The summed E-state index contributed by atoms with van der Waals surface area (Å²) in [4.78, 5) is 27.9. The van der Waals surface area contributed by atoms with Crippen molar-refractivity contribution in [1.82, 2.24) is 10.2 Å². The Labute approximate surface area is 205 Å². The van der Waals surface area contributed by atoms with Crippen LogP contribution in [0.25, 0.3) is 0 Å². The lowest BCUT2D eigenvalue weighted by molar-refractivity contribution is -0.140. The van der Waals surface area contributed by atoms with Gasteiger partial charge in [-0.15, -0.1) is 0 Å². The molecule has 10 heteroatoms. The summed E-state index contributed by atoms with van der Waals surface area (Å²) in [6.07, 6.45) is 1.95. The van der Waals surface area contributed by atoms with E-state index in [-0.39, 0.29) is 24.2 Å². The molecule has 7 nitrogen and oxygen atoms in total. The number of sulfonamides is 1. The van der Waals surface area contributed by atoms with Gasteiger partial charge in [-0.3, -0.25) is 13.9 Å². The van der Waals surface area contributed by atoms with Gasteiger partial charge in [0.1, 0.15) is 18.4 Å². The normalized spacial score (nSPS) is 13.1. The minimum absolute atomic E-state index is 0.00565. The van der Waals surface area contributed by atoms with Crippen molar-refractivity contribution in [2.75, 3.05) is 17.1 Å². The molecule has 1 N–H and O–H groups in total. The summed E-state index contributed by atoms with van der Waals surface area (Å²) in [5.74, 6) is -1.58. The Kier molecular flexibility index (Phi) is 9.88. The molecule has 0 saturated heterocycles. The van der Waals surface area contributed by atoms with Crippen molar-refractivity contribution in [3.05, 3.63) is 64.9 Å². The number of halogens is 2. The van der Waals surface area contributed by atoms with Crippen molar-refractivity contribution in [3.63, 3.8) is 0 Å². The Balaban J connectivity index is 2.45. The average Bonchev–Trinajstić information content (AvgIpc) is 2.77. The van der Waals surface area contributed by atoms with Crippen LogP contribution in [0.3, 0.4) is 0 Å². The first-order valence-electron chi connectivity index (χ1n) is 11.0. The maximum Gasteiger partial charge on any atom is 0.244 e. The van der Waals surface area contributed by atoms with Crippen molar-refractivity contribution >= 4 is 39.1 Å². The van der Waals surface area contributed by atoms with Gasteiger partial charge < -0.3 is 10.2 Å². The molecule has 2 rings (SSSR count).